The van der Waals surface area contributed by atoms with Crippen LogP contribution in [0.25, 0.3) is 0 Å². The molecule has 0 saturated heterocycles. The molecule has 0 heterocycles. The lowest BCUT2D eigenvalue weighted by atomic mass is 10.00. The molecule has 1 atom stereocenters. The van der Waals surface area contributed by atoms with Crippen molar-refractivity contribution in [1.82, 2.24) is 0 Å². The zero-order chi connectivity index (χ0) is 9.40. The Hall–Kier alpha value is -0.120. The monoisotopic (exact) mass is 175 g/mol. The van der Waals surface area contributed by atoms with Crippen LogP contribution in [0.5, 0.6) is 0 Å². The van der Waals surface area contributed by atoms with Gasteiger partial charge in [-0.25, -0.2) is 0 Å². The van der Waals surface area contributed by atoms with E-state index in [1.165, 1.54) is 0 Å². The third-order valence-electron chi connectivity index (χ3n) is 1.82. The zero-order valence-corrected chi connectivity index (χ0v) is 7.61. The second-order valence-electron chi connectivity index (χ2n) is 3.03. The lowest BCUT2D eigenvalue weighted by Gasteiger charge is -2.15. The van der Waals surface area contributed by atoms with Gasteiger partial charge in [-0.1, -0.05) is 19.8 Å². The van der Waals surface area contributed by atoms with Crippen LogP contribution >= 0.6 is 0 Å². The summed E-state index contributed by atoms with van der Waals surface area (Å²) in [5, 5.41) is 26.7. The predicted octanol–water partition coefficient (Wildman–Crippen LogP) is 0.343. The average molecular weight is 175 g/mol. The standard InChI is InChI=1S/C9H19O3/c1-2-3-4-9(12)5-8(6-10)7-11/h5,8-12H,2-4,6-7H2,1H3. The number of hydrogen-bond acceptors (Lipinski definition) is 3. The summed E-state index contributed by atoms with van der Waals surface area (Å²) in [5.41, 5.74) is 0. The minimum Gasteiger partial charge on any atom is -0.396 e. The van der Waals surface area contributed by atoms with E-state index < -0.39 is 6.10 Å². The van der Waals surface area contributed by atoms with Crippen LogP contribution in [0.15, 0.2) is 0 Å². The second kappa shape index (κ2) is 7.53. The maximum Gasteiger partial charge on any atom is 0.0576 e. The van der Waals surface area contributed by atoms with Crippen LogP contribution in [-0.4, -0.2) is 34.6 Å². The number of aliphatic hydroxyl groups is 3. The van der Waals surface area contributed by atoms with E-state index in [0.29, 0.717) is 6.42 Å². The van der Waals surface area contributed by atoms with Crippen LogP contribution in [0.3, 0.4) is 0 Å². The Balaban J connectivity index is 3.44. The van der Waals surface area contributed by atoms with Crippen LogP contribution in [0.1, 0.15) is 26.2 Å². The molecule has 3 heteroatoms. The van der Waals surface area contributed by atoms with Gasteiger partial charge >= 0.3 is 0 Å². The summed E-state index contributed by atoms with van der Waals surface area (Å²) in [6, 6.07) is 0. The predicted molar refractivity (Wildman–Crippen MR) is 47.5 cm³/mol. The van der Waals surface area contributed by atoms with Gasteiger partial charge in [-0.15, -0.1) is 0 Å². The van der Waals surface area contributed by atoms with Crippen molar-refractivity contribution in [2.75, 3.05) is 13.2 Å². The molecule has 0 aliphatic heterocycles. The van der Waals surface area contributed by atoms with Crippen molar-refractivity contribution < 1.29 is 15.3 Å². The van der Waals surface area contributed by atoms with Crippen LogP contribution in [0.2, 0.25) is 0 Å². The normalized spacial score (nSPS) is 13.8. The molecule has 0 aromatic carbocycles. The number of unbranched alkanes of at least 4 members (excludes halogenated alkanes) is 1. The van der Waals surface area contributed by atoms with Gasteiger partial charge in [0, 0.05) is 19.1 Å². The van der Waals surface area contributed by atoms with E-state index >= 15 is 0 Å². The summed E-state index contributed by atoms with van der Waals surface area (Å²) < 4.78 is 0. The van der Waals surface area contributed by atoms with Gasteiger partial charge in [0.1, 0.15) is 0 Å². The van der Waals surface area contributed by atoms with Crippen LogP contribution in [0.4, 0.5) is 0 Å². The van der Waals surface area contributed by atoms with E-state index in [9.17, 15) is 5.11 Å². The molecule has 0 fully saturated rings. The van der Waals surface area contributed by atoms with E-state index in [0.717, 1.165) is 12.8 Å². The summed E-state index contributed by atoms with van der Waals surface area (Å²) in [7, 11) is 0. The lowest BCUT2D eigenvalue weighted by Crippen LogP contribution is -2.20. The molecular weight excluding hydrogens is 156 g/mol. The fraction of sp³-hybridized carbons (Fsp3) is 0.889. The highest BCUT2D eigenvalue weighted by molar-refractivity contribution is 4.82. The molecule has 0 bridgehead atoms. The summed E-state index contributed by atoms with van der Waals surface area (Å²) in [4.78, 5) is 0. The molecule has 0 aliphatic rings. The first-order chi connectivity index (χ1) is 5.74. The number of aliphatic hydroxyl groups excluding tert-OH is 3. The fourth-order valence-electron chi connectivity index (χ4n) is 1.00. The summed E-state index contributed by atoms with van der Waals surface area (Å²) in [6.07, 6.45) is 3.85. The third-order valence-corrected chi connectivity index (χ3v) is 1.82. The van der Waals surface area contributed by atoms with Gasteiger partial charge in [-0.05, 0) is 12.8 Å². The van der Waals surface area contributed by atoms with Crippen molar-refractivity contribution >= 4 is 0 Å². The van der Waals surface area contributed by atoms with Crippen molar-refractivity contribution in [1.29, 1.82) is 0 Å². The highest BCUT2D eigenvalue weighted by Crippen LogP contribution is 2.09. The Morgan fingerprint density at radius 1 is 1.25 bits per heavy atom. The minimum absolute atomic E-state index is 0.0975. The van der Waals surface area contributed by atoms with Gasteiger partial charge in [0.2, 0.25) is 0 Å². The maximum absolute atomic E-state index is 9.34. The lowest BCUT2D eigenvalue weighted by molar-refractivity contribution is 0.124. The second-order valence-corrected chi connectivity index (χ2v) is 3.03. The van der Waals surface area contributed by atoms with Crippen LogP contribution in [-0.2, 0) is 0 Å². The average Bonchev–Trinajstić information content (AvgIpc) is 2.10. The van der Waals surface area contributed by atoms with Gasteiger partial charge in [-0.2, -0.15) is 0 Å². The Kier molecular flexibility index (Phi) is 7.45. The van der Waals surface area contributed by atoms with E-state index in [-0.39, 0.29) is 19.1 Å². The van der Waals surface area contributed by atoms with Crippen LogP contribution < -0.4 is 0 Å². The Bertz CT molecular complexity index is 91.8. The van der Waals surface area contributed by atoms with Crippen molar-refractivity contribution in [3.8, 4) is 0 Å². The first-order valence-electron chi connectivity index (χ1n) is 4.49. The number of hydrogen-bond donors (Lipinski definition) is 3. The molecule has 0 spiro atoms. The van der Waals surface area contributed by atoms with Crippen molar-refractivity contribution in [3.05, 3.63) is 6.42 Å². The summed E-state index contributed by atoms with van der Waals surface area (Å²) in [5.74, 6) is -0.281. The quantitative estimate of drug-likeness (QED) is 0.523. The van der Waals surface area contributed by atoms with Gasteiger partial charge in [0.25, 0.3) is 0 Å². The van der Waals surface area contributed by atoms with E-state index in [2.05, 4.69) is 6.92 Å². The first kappa shape index (κ1) is 11.9. The van der Waals surface area contributed by atoms with E-state index in [1.54, 1.807) is 6.42 Å². The highest BCUT2D eigenvalue weighted by Gasteiger charge is 2.12. The van der Waals surface area contributed by atoms with Gasteiger partial charge in [0.05, 0.1) is 6.10 Å². The minimum atomic E-state index is -0.491. The van der Waals surface area contributed by atoms with Crippen molar-refractivity contribution in [3.63, 3.8) is 0 Å². The molecule has 1 unspecified atom stereocenters. The number of rotatable bonds is 7. The van der Waals surface area contributed by atoms with Gasteiger partial charge in [0.15, 0.2) is 0 Å². The molecule has 0 aliphatic carbocycles. The molecule has 12 heavy (non-hydrogen) atoms. The topological polar surface area (TPSA) is 60.7 Å². The van der Waals surface area contributed by atoms with Gasteiger partial charge < -0.3 is 15.3 Å². The van der Waals surface area contributed by atoms with E-state index in [4.69, 9.17) is 10.2 Å². The smallest absolute Gasteiger partial charge is 0.0576 e. The highest BCUT2D eigenvalue weighted by atomic mass is 16.3. The molecule has 1 radical (unpaired) electrons. The van der Waals surface area contributed by atoms with Crippen molar-refractivity contribution in [2.24, 2.45) is 5.92 Å². The first-order valence-corrected chi connectivity index (χ1v) is 4.49. The molecule has 3 nitrogen and oxygen atoms in total. The molecule has 0 rings (SSSR count). The summed E-state index contributed by atoms with van der Waals surface area (Å²) in [6.45, 7) is 1.86. The SMILES string of the molecule is CCCCC(O)[CH]C(CO)CO. The molecule has 0 saturated carbocycles. The Labute approximate surface area is 74.0 Å². The molecule has 73 valence electrons. The zero-order valence-electron chi connectivity index (χ0n) is 7.61. The molecule has 0 aromatic heterocycles. The van der Waals surface area contributed by atoms with Gasteiger partial charge in [-0.3, -0.25) is 0 Å². The van der Waals surface area contributed by atoms with E-state index in [1.807, 2.05) is 0 Å². The maximum atomic E-state index is 9.34. The molecule has 0 amide bonds. The van der Waals surface area contributed by atoms with Crippen LogP contribution in [0, 0.1) is 12.3 Å². The molecule has 0 aromatic rings. The fourth-order valence-corrected chi connectivity index (χ4v) is 1.00. The third kappa shape index (κ3) is 5.52. The molecule has 3 N–H and O–H groups in total. The Morgan fingerprint density at radius 3 is 2.25 bits per heavy atom. The largest absolute Gasteiger partial charge is 0.396 e. The molecular formula is C9H19O3. The summed E-state index contributed by atoms with van der Waals surface area (Å²) >= 11 is 0. The Morgan fingerprint density at radius 2 is 1.83 bits per heavy atom. The van der Waals surface area contributed by atoms with Crippen molar-refractivity contribution in [2.45, 2.75) is 32.3 Å².